The number of nitrogens with one attached hydrogen (secondary N) is 1. The molecule has 24 heavy (non-hydrogen) atoms. The van der Waals surface area contributed by atoms with Crippen molar-refractivity contribution in [2.75, 3.05) is 17.7 Å². The van der Waals surface area contributed by atoms with E-state index in [4.69, 9.17) is 9.84 Å². The first-order valence-electron chi connectivity index (χ1n) is 7.12. The highest BCUT2D eigenvalue weighted by molar-refractivity contribution is 7.99. The van der Waals surface area contributed by atoms with Crippen LogP contribution >= 0.6 is 11.8 Å². The van der Waals surface area contributed by atoms with E-state index in [0.717, 1.165) is 23.1 Å². The maximum Gasteiger partial charge on any atom is 0.316 e. The fourth-order valence-electron chi connectivity index (χ4n) is 1.81. The van der Waals surface area contributed by atoms with Crippen molar-refractivity contribution in [3.05, 3.63) is 41.7 Å². The third-order valence-corrected chi connectivity index (χ3v) is 3.62. The van der Waals surface area contributed by atoms with E-state index in [-0.39, 0.29) is 18.1 Å². The molecule has 126 valence electrons. The fourth-order valence-corrected chi connectivity index (χ4v) is 2.56. The van der Waals surface area contributed by atoms with Crippen LogP contribution in [0.5, 0.6) is 5.75 Å². The molecule has 1 aromatic carbocycles. The Morgan fingerprint density at radius 2 is 1.79 bits per heavy atom. The highest BCUT2D eigenvalue weighted by Gasteiger charge is 2.10. The molecule has 0 aliphatic heterocycles. The monoisotopic (exact) mass is 347 g/mol. The molecule has 0 unspecified atom stereocenters. The van der Waals surface area contributed by atoms with E-state index in [1.165, 1.54) is 12.1 Å². The minimum Gasteiger partial charge on any atom is -0.508 e. The number of ether oxygens (including phenoxy) is 1. The number of aryl methyl sites for hydroxylation is 2. The van der Waals surface area contributed by atoms with Crippen LogP contribution in [0.25, 0.3) is 0 Å². The third kappa shape index (κ3) is 5.88. The van der Waals surface area contributed by atoms with E-state index in [1.807, 2.05) is 19.9 Å². The number of thioether (sulfide) groups is 1. The molecule has 0 fully saturated rings. The Balaban J connectivity index is 1.74. The summed E-state index contributed by atoms with van der Waals surface area (Å²) in [6.45, 7) is 3.32. The molecule has 7 nitrogen and oxygen atoms in total. The van der Waals surface area contributed by atoms with Crippen molar-refractivity contribution in [3.8, 4) is 5.75 Å². The van der Waals surface area contributed by atoms with E-state index in [2.05, 4.69) is 15.3 Å². The molecule has 0 aliphatic carbocycles. The van der Waals surface area contributed by atoms with Gasteiger partial charge in [-0.05, 0) is 44.2 Å². The number of carbonyl (C=O) groups excluding carboxylic acids is 2. The van der Waals surface area contributed by atoms with Crippen molar-refractivity contribution in [2.24, 2.45) is 0 Å². The van der Waals surface area contributed by atoms with Gasteiger partial charge in [-0.25, -0.2) is 9.97 Å². The fraction of sp³-hybridized carbons (Fsp3) is 0.250. The van der Waals surface area contributed by atoms with Gasteiger partial charge >= 0.3 is 5.97 Å². The summed E-state index contributed by atoms with van der Waals surface area (Å²) in [5.41, 5.74) is 2.16. The number of nitrogens with zero attached hydrogens (tertiary/aromatic N) is 2. The normalized spacial score (nSPS) is 10.2. The first-order chi connectivity index (χ1) is 11.4. The molecule has 0 radical (unpaired) electrons. The molecule has 0 saturated heterocycles. The van der Waals surface area contributed by atoms with E-state index in [0.29, 0.717) is 10.8 Å². The molecule has 0 bridgehead atoms. The van der Waals surface area contributed by atoms with Gasteiger partial charge in [0, 0.05) is 17.1 Å². The van der Waals surface area contributed by atoms with Gasteiger partial charge in [0.2, 0.25) is 0 Å². The molecule has 1 amide bonds. The highest BCUT2D eigenvalue weighted by atomic mass is 32.2. The molecule has 0 spiro atoms. The van der Waals surface area contributed by atoms with E-state index in [9.17, 15) is 9.59 Å². The average molecular weight is 347 g/mol. The Morgan fingerprint density at radius 1 is 1.17 bits per heavy atom. The molecular formula is C16H17N3O4S. The second-order valence-electron chi connectivity index (χ2n) is 4.98. The molecule has 1 heterocycles. The Bertz CT molecular complexity index is 714. The first kappa shape index (κ1) is 17.7. The van der Waals surface area contributed by atoms with Gasteiger partial charge in [0.05, 0.1) is 5.75 Å². The van der Waals surface area contributed by atoms with Gasteiger partial charge < -0.3 is 15.2 Å². The number of rotatable bonds is 6. The summed E-state index contributed by atoms with van der Waals surface area (Å²) < 4.78 is 4.91. The van der Waals surface area contributed by atoms with Crippen LogP contribution in [-0.2, 0) is 14.3 Å². The lowest BCUT2D eigenvalue weighted by Crippen LogP contribution is -2.21. The lowest BCUT2D eigenvalue weighted by Gasteiger charge is -2.07. The summed E-state index contributed by atoms with van der Waals surface area (Å²) in [5.74, 6) is -0.856. The molecule has 0 saturated carbocycles. The summed E-state index contributed by atoms with van der Waals surface area (Å²) in [4.78, 5) is 31.8. The molecule has 0 aliphatic rings. The number of phenols is 1. The molecule has 1 aromatic heterocycles. The molecule has 0 atom stereocenters. The predicted octanol–water partition coefficient (Wildman–Crippen LogP) is 2.07. The SMILES string of the molecule is Cc1cc(C)nc(SCC(=O)OCC(=O)Nc2ccc(O)cc2)n1. The minimum absolute atomic E-state index is 0.0232. The lowest BCUT2D eigenvalue weighted by atomic mass is 10.3. The van der Waals surface area contributed by atoms with E-state index in [1.54, 1.807) is 12.1 Å². The van der Waals surface area contributed by atoms with Gasteiger partial charge in [-0.2, -0.15) is 0 Å². The Morgan fingerprint density at radius 3 is 2.42 bits per heavy atom. The smallest absolute Gasteiger partial charge is 0.316 e. The Hall–Kier alpha value is -2.61. The van der Waals surface area contributed by atoms with Crippen molar-refractivity contribution in [2.45, 2.75) is 19.0 Å². The summed E-state index contributed by atoms with van der Waals surface area (Å²) in [6, 6.07) is 7.82. The first-order valence-corrected chi connectivity index (χ1v) is 8.10. The van der Waals surface area contributed by atoms with E-state index < -0.39 is 11.9 Å². The summed E-state index contributed by atoms with van der Waals surface area (Å²) in [5, 5.41) is 12.2. The van der Waals surface area contributed by atoms with E-state index >= 15 is 0 Å². The Kier molecular flexibility index (Phi) is 6.14. The number of hydrogen-bond donors (Lipinski definition) is 2. The standard InChI is InChI=1S/C16H17N3O4S/c1-10-7-11(2)18-16(17-10)24-9-15(22)23-8-14(21)19-12-3-5-13(20)6-4-12/h3-7,20H,8-9H2,1-2H3,(H,19,21). The van der Waals surface area contributed by atoms with Gasteiger partial charge in [0.1, 0.15) is 5.75 Å². The quantitative estimate of drug-likeness (QED) is 0.357. The molecular weight excluding hydrogens is 330 g/mol. The molecule has 2 rings (SSSR count). The number of esters is 1. The maximum absolute atomic E-state index is 11.7. The van der Waals surface area contributed by atoms with Crippen LogP contribution < -0.4 is 5.32 Å². The van der Waals surface area contributed by atoms with Gasteiger partial charge in [0.15, 0.2) is 11.8 Å². The van der Waals surface area contributed by atoms with Crippen molar-refractivity contribution >= 4 is 29.3 Å². The number of carbonyl (C=O) groups is 2. The second kappa shape index (κ2) is 8.30. The summed E-state index contributed by atoms with van der Waals surface area (Å²) in [6.07, 6.45) is 0. The van der Waals surface area contributed by atoms with Crippen LogP contribution in [0.1, 0.15) is 11.4 Å². The Labute approximate surface area is 143 Å². The third-order valence-electron chi connectivity index (χ3n) is 2.80. The van der Waals surface area contributed by atoms with Crippen LogP contribution in [0.3, 0.4) is 0 Å². The zero-order valence-electron chi connectivity index (χ0n) is 13.3. The van der Waals surface area contributed by atoms with Crippen LogP contribution in [0, 0.1) is 13.8 Å². The lowest BCUT2D eigenvalue weighted by molar-refractivity contribution is -0.144. The number of anilines is 1. The minimum atomic E-state index is -0.524. The van der Waals surface area contributed by atoms with Crippen LogP contribution in [0.15, 0.2) is 35.5 Å². The largest absolute Gasteiger partial charge is 0.508 e. The number of benzene rings is 1. The van der Waals surface area contributed by atoms with Crippen molar-refractivity contribution in [1.82, 2.24) is 9.97 Å². The summed E-state index contributed by atoms with van der Waals surface area (Å²) >= 11 is 1.16. The van der Waals surface area contributed by atoms with Crippen molar-refractivity contribution in [3.63, 3.8) is 0 Å². The zero-order valence-corrected chi connectivity index (χ0v) is 14.1. The number of aromatic nitrogens is 2. The van der Waals surface area contributed by atoms with Crippen LogP contribution in [0.2, 0.25) is 0 Å². The number of hydrogen-bond acceptors (Lipinski definition) is 7. The molecule has 2 aromatic rings. The zero-order chi connectivity index (χ0) is 17.5. The summed E-state index contributed by atoms with van der Waals surface area (Å²) in [7, 11) is 0. The van der Waals surface area contributed by atoms with Crippen molar-refractivity contribution in [1.29, 1.82) is 0 Å². The van der Waals surface area contributed by atoms with Gasteiger partial charge in [0.25, 0.3) is 5.91 Å². The maximum atomic E-state index is 11.7. The number of amides is 1. The second-order valence-corrected chi connectivity index (χ2v) is 5.92. The van der Waals surface area contributed by atoms with Crippen LogP contribution in [-0.4, -0.2) is 39.3 Å². The topological polar surface area (TPSA) is 101 Å². The van der Waals surface area contributed by atoms with Crippen molar-refractivity contribution < 1.29 is 19.4 Å². The number of aromatic hydroxyl groups is 1. The highest BCUT2D eigenvalue weighted by Crippen LogP contribution is 2.15. The van der Waals surface area contributed by atoms with Gasteiger partial charge in [-0.3, -0.25) is 9.59 Å². The average Bonchev–Trinajstić information content (AvgIpc) is 2.52. The molecule has 8 heteroatoms. The predicted molar refractivity (Wildman–Crippen MR) is 89.9 cm³/mol. The molecule has 2 N–H and O–H groups in total. The van der Waals surface area contributed by atoms with Crippen LogP contribution in [0.4, 0.5) is 5.69 Å². The number of phenolic OH excluding ortho intramolecular Hbond substituents is 1. The van der Waals surface area contributed by atoms with Gasteiger partial charge in [-0.1, -0.05) is 11.8 Å². The van der Waals surface area contributed by atoms with Gasteiger partial charge in [-0.15, -0.1) is 0 Å².